The second kappa shape index (κ2) is 6.10. The summed E-state index contributed by atoms with van der Waals surface area (Å²) < 4.78 is 11.5. The largest absolute Gasteiger partial charge is 0.465 e. The number of aliphatic hydroxyl groups is 1. The van der Waals surface area contributed by atoms with Gasteiger partial charge in [0.15, 0.2) is 6.29 Å². The van der Waals surface area contributed by atoms with Crippen LogP contribution in [0.2, 0.25) is 0 Å². The molecule has 2 heterocycles. The lowest BCUT2D eigenvalue weighted by Gasteiger charge is -2.45. The molecule has 0 aromatic heterocycles. The van der Waals surface area contributed by atoms with Gasteiger partial charge in [-0.05, 0) is 24.7 Å². The number of amides is 1. The molecule has 2 aliphatic heterocycles. The monoisotopic (exact) mass is 301 g/mol. The standard InChI is InChI=1S/C15H27NO5/c1-14(2,3)15(10-17)8-11(9-16(15)13(18)19)21-12-6-4-5-7-20-12/h11-12,17H,4-10H2,1-3H3,(H,18,19)/t11?,12?,15-/m0/s1. The molecule has 2 N–H and O–H groups in total. The molecule has 122 valence electrons. The number of nitrogens with zero attached hydrogens (tertiary/aromatic N) is 1. The van der Waals surface area contributed by atoms with Crippen LogP contribution in [0.5, 0.6) is 0 Å². The first-order valence-corrected chi connectivity index (χ1v) is 7.69. The zero-order valence-corrected chi connectivity index (χ0v) is 13.2. The van der Waals surface area contributed by atoms with Crippen LogP contribution in [-0.4, -0.2) is 58.9 Å². The van der Waals surface area contributed by atoms with Crippen molar-refractivity contribution in [2.45, 2.75) is 64.4 Å². The summed E-state index contributed by atoms with van der Waals surface area (Å²) in [6.07, 6.45) is 2.00. The molecule has 2 rings (SSSR count). The second-order valence-corrected chi connectivity index (χ2v) is 7.09. The quantitative estimate of drug-likeness (QED) is 0.834. The summed E-state index contributed by atoms with van der Waals surface area (Å²) in [5, 5.41) is 19.4. The summed E-state index contributed by atoms with van der Waals surface area (Å²) in [6, 6.07) is 0. The Labute approximate surface area is 126 Å². The highest BCUT2D eigenvalue weighted by Gasteiger charge is 2.55. The first kappa shape index (κ1) is 16.5. The van der Waals surface area contributed by atoms with Gasteiger partial charge in [0, 0.05) is 13.0 Å². The number of carbonyl (C=O) groups is 1. The molecule has 0 spiro atoms. The number of hydrogen-bond donors (Lipinski definition) is 2. The molecule has 0 aromatic rings. The van der Waals surface area contributed by atoms with Gasteiger partial charge in [-0.25, -0.2) is 4.79 Å². The SMILES string of the molecule is CC(C)(C)[C@@]1(CO)CC(OC2CCCCO2)CN1C(=O)O. The van der Waals surface area contributed by atoms with Crippen LogP contribution in [-0.2, 0) is 9.47 Å². The average Bonchev–Trinajstić information content (AvgIpc) is 2.79. The lowest BCUT2D eigenvalue weighted by atomic mass is 9.72. The highest BCUT2D eigenvalue weighted by Crippen LogP contribution is 2.44. The zero-order chi connectivity index (χ0) is 15.7. The van der Waals surface area contributed by atoms with Crippen molar-refractivity contribution in [3.63, 3.8) is 0 Å². The number of ether oxygens (including phenoxy) is 2. The summed E-state index contributed by atoms with van der Waals surface area (Å²) in [7, 11) is 0. The van der Waals surface area contributed by atoms with E-state index in [0.717, 1.165) is 19.3 Å². The fourth-order valence-corrected chi connectivity index (χ4v) is 3.41. The van der Waals surface area contributed by atoms with Gasteiger partial charge >= 0.3 is 6.09 Å². The fraction of sp³-hybridized carbons (Fsp3) is 0.933. The lowest BCUT2D eigenvalue weighted by molar-refractivity contribution is -0.185. The third kappa shape index (κ3) is 3.17. The van der Waals surface area contributed by atoms with Gasteiger partial charge in [-0.1, -0.05) is 20.8 Å². The van der Waals surface area contributed by atoms with E-state index in [1.54, 1.807) is 0 Å². The molecule has 21 heavy (non-hydrogen) atoms. The number of rotatable bonds is 3. The molecule has 0 aliphatic carbocycles. The van der Waals surface area contributed by atoms with Crippen molar-refractivity contribution in [2.75, 3.05) is 19.8 Å². The molecule has 0 aromatic carbocycles. The Kier molecular flexibility index (Phi) is 4.80. The van der Waals surface area contributed by atoms with Gasteiger partial charge in [0.25, 0.3) is 0 Å². The molecule has 2 aliphatic rings. The molecule has 0 bridgehead atoms. The van der Waals surface area contributed by atoms with Crippen LogP contribution in [0.25, 0.3) is 0 Å². The normalized spacial score (nSPS) is 34.2. The van der Waals surface area contributed by atoms with E-state index in [0.29, 0.717) is 13.0 Å². The van der Waals surface area contributed by atoms with Crippen LogP contribution >= 0.6 is 0 Å². The van der Waals surface area contributed by atoms with Crippen LogP contribution < -0.4 is 0 Å². The van der Waals surface area contributed by atoms with E-state index in [1.807, 2.05) is 20.8 Å². The maximum atomic E-state index is 11.6. The Morgan fingerprint density at radius 2 is 2.14 bits per heavy atom. The van der Waals surface area contributed by atoms with E-state index >= 15 is 0 Å². The Morgan fingerprint density at radius 1 is 1.43 bits per heavy atom. The number of hydrogen-bond acceptors (Lipinski definition) is 4. The molecule has 6 nitrogen and oxygen atoms in total. The molecule has 0 radical (unpaired) electrons. The summed E-state index contributed by atoms with van der Waals surface area (Å²) >= 11 is 0. The van der Waals surface area contributed by atoms with Crippen LogP contribution in [0.1, 0.15) is 46.5 Å². The van der Waals surface area contributed by atoms with E-state index in [4.69, 9.17) is 9.47 Å². The minimum atomic E-state index is -1.00. The molecule has 0 saturated carbocycles. The fourth-order valence-electron chi connectivity index (χ4n) is 3.41. The number of aliphatic hydroxyl groups excluding tert-OH is 1. The third-order valence-corrected chi connectivity index (χ3v) is 4.84. The zero-order valence-electron chi connectivity index (χ0n) is 13.2. The lowest BCUT2D eigenvalue weighted by Crippen LogP contribution is -2.57. The maximum Gasteiger partial charge on any atom is 0.407 e. The minimum absolute atomic E-state index is 0.200. The summed E-state index contributed by atoms with van der Waals surface area (Å²) in [4.78, 5) is 12.9. The van der Waals surface area contributed by atoms with Gasteiger partial charge in [0.2, 0.25) is 0 Å². The average molecular weight is 301 g/mol. The molecule has 2 unspecified atom stereocenters. The van der Waals surface area contributed by atoms with Crippen molar-refractivity contribution >= 4 is 6.09 Å². The van der Waals surface area contributed by atoms with Crippen molar-refractivity contribution in [1.29, 1.82) is 0 Å². The first-order chi connectivity index (χ1) is 9.80. The molecule has 6 heteroatoms. The predicted octanol–water partition coefficient (Wildman–Crippen LogP) is 2.06. The summed E-state index contributed by atoms with van der Waals surface area (Å²) in [5.74, 6) is 0. The summed E-state index contributed by atoms with van der Waals surface area (Å²) in [6.45, 7) is 6.65. The first-order valence-electron chi connectivity index (χ1n) is 7.69. The molecular weight excluding hydrogens is 274 g/mol. The van der Waals surface area contributed by atoms with Gasteiger partial charge in [-0.3, -0.25) is 4.90 Å². The van der Waals surface area contributed by atoms with Gasteiger partial charge in [0.05, 0.1) is 24.8 Å². The van der Waals surface area contributed by atoms with Gasteiger partial charge in [0.1, 0.15) is 0 Å². The molecule has 1 amide bonds. The molecule has 2 saturated heterocycles. The third-order valence-electron chi connectivity index (χ3n) is 4.84. The molecule has 3 atom stereocenters. The Hall–Kier alpha value is -0.850. The van der Waals surface area contributed by atoms with Crippen molar-refractivity contribution in [3.05, 3.63) is 0 Å². The highest BCUT2D eigenvalue weighted by molar-refractivity contribution is 5.67. The van der Waals surface area contributed by atoms with Crippen LogP contribution in [0.15, 0.2) is 0 Å². The Morgan fingerprint density at radius 3 is 2.57 bits per heavy atom. The van der Waals surface area contributed by atoms with E-state index in [1.165, 1.54) is 4.90 Å². The van der Waals surface area contributed by atoms with Crippen LogP contribution in [0, 0.1) is 5.41 Å². The predicted molar refractivity (Wildman–Crippen MR) is 77.1 cm³/mol. The van der Waals surface area contributed by atoms with E-state index in [2.05, 4.69) is 0 Å². The number of likely N-dealkylation sites (tertiary alicyclic amines) is 1. The van der Waals surface area contributed by atoms with E-state index < -0.39 is 11.6 Å². The minimum Gasteiger partial charge on any atom is -0.465 e. The van der Waals surface area contributed by atoms with Crippen molar-refractivity contribution < 1.29 is 24.5 Å². The van der Waals surface area contributed by atoms with Gasteiger partial charge in [-0.15, -0.1) is 0 Å². The molecular formula is C15H27NO5. The van der Waals surface area contributed by atoms with E-state index in [9.17, 15) is 15.0 Å². The Balaban J connectivity index is 2.12. The number of carboxylic acid groups (broad SMARTS) is 1. The highest BCUT2D eigenvalue weighted by atomic mass is 16.7. The molecule has 2 fully saturated rings. The second-order valence-electron chi connectivity index (χ2n) is 7.09. The van der Waals surface area contributed by atoms with E-state index in [-0.39, 0.29) is 31.0 Å². The van der Waals surface area contributed by atoms with Gasteiger partial charge < -0.3 is 19.7 Å². The van der Waals surface area contributed by atoms with Gasteiger partial charge in [-0.2, -0.15) is 0 Å². The van der Waals surface area contributed by atoms with Crippen molar-refractivity contribution in [3.8, 4) is 0 Å². The van der Waals surface area contributed by atoms with Crippen LogP contribution in [0.3, 0.4) is 0 Å². The maximum absolute atomic E-state index is 11.6. The van der Waals surface area contributed by atoms with Crippen LogP contribution in [0.4, 0.5) is 4.79 Å². The smallest absolute Gasteiger partial charge is 0.407 e. The van der Waals surface area contributed by atoms with Crippen molar-refractivity contribution in [1.82, 2.24) is 4.90 Å². The topological polar surface area (TPSA) is 79.2 Å². The van der Waals surface area contributed by atoms with Crippen molar-refractivity contribution in [2.24, 2.45) is 5.41 Å². The summed E-state index contributed by atoms with van der Waals surface area (Å²) in [5.41, 5.74) is -1.18. The Bertz CT molecular complexity index is 375.